The second-order valence-electron chi connectivity index (χ2n) is 6.94. The van der Waals surface area contributed by atoms with Gasteiger partial charge in [-0.05, 0) is 86.0 Å². The largest absolute Gasteiger partial charge is 0.508 e. The number of aromatic hydroxyl groups is 1. The first-order valence-electron chi connectivity index (χ1n) is 7.70. The summed E-state index contributed by atoms with van der Waals surface area (Å²) in [6.45, 7) is 2.27. The van der Waals surface area contributed by atoms with Gasteiger partial charge in [-0.25, -0.2) is 0 Å². The van der Waals surface area contributed by atoms with Crippen LogP contribution in [0, 0.1) is 23.7 Å². The first kappa shape index (κ1) is 11.6. The molecule has 0 atom stereocenters. The van der Waals surface area contributed by atoms with Crippen molar-refractivity contribution in [1.82, 2.24) is 0 Å². The average molecular weight is 254 g/mol. The molecule has 0 amide bonds. The van der Waals surface area contributed by atoms with Gasteiger partial charge in [-0.15, -0.1) is 0 Å². The molecule has 1 heteroatoms. The molecule has 4 fully saturated rings. The summed E-state index contributed by atoms with van der Waals surface area (Å²) in [5.74, 6) is 4.12. The zero-order chi connectivity index (χ0) is 13.0. The molecule has 1 aromatic carbocycles. The third-order valence-corrected chi connectivity index (χ3v) is 5.73. The molecule has 0 saturated heterocycles. The van der Waals surface area contributed by atoms with Crippen LogP contribution in [0.3, 0.4) is 0 Å². The van der Waals surface area contributed by atoms with Crippen LogP contribution in [0.5, 0.6) is 5.75 Å². The molecule has 4 saturated carbocycles. The molecule has 4 aliphatic carbocycles. The van der Waals surface area contributed by atoms with Crippen LogP contribution >= 0.6 is 0 Å². The molecule has 4 bridgehead atoms. The summed E-state index contributed by atoms with van der Waals surface area (Å²) in [6.07, 6.45) is 7.22. The Morgan fingerprint density at radius 1 is 1.00 bits per heavy atom. The van der Waals surface area contributed by atoms with Crippen LogP contribution in [0.15, 0.2) is 29.8 Å². The molecular formula is C18H22O. The summed E-state index contributed by atoms with van der Waals surface area (Å²) in [5.41, 5.74) is 4.41. The Morgan fingerprint density at radius 2 is 1.63 bits per heavy atom. The zero-order valence-electron chi connectivity index (χ0n) is 11.6. The smallest absolute Gasteiger partial charge is 0.116 e. The maximum absolute atomic E-state index is 9.69. The minimum absolute atomic E-state index is 0.390. The van der Waals surface area contributed by atoms with E-state index >= 15 is 0 Å². The predicted octanol–water partition coefficient (Wildman–Crippen LogP) is 4.62. The molecule has 1 aromatic rings. The molecule has 19 heavy (non-hydrogen) atoms. The Labute approximate surface area is 115 Å². The van der Waals surface area contributed by atoms with Crippen molar-refractivity contribution in [3.8, 4) is 5.75 Å². The monoisotopic (exact) mass is 254 g/mol. The van der Waals surface area contributed by atoms with Gasteiger partial charge >= 0.3 is 0 Å². The van der Waals surface area contributed by atoms with Crippen LogP contribution in [0.4, 0.5) is 0 Å². The van der Waals surface area contributed by atoms with Gasteiger partial charge in [-0.2, -0.15) is 0 Å². The highest BCUT2D eigenvalue weighted by molar-refractivity contribution is 5.69. The Balaban J connectivity index is 1.76. The van der Waals surface area contributed by atoms with Crippen molar-refractivity contribution in [1.29, 1.82) is 0 Å². The average Bonchev–Trinajstić information content (AvgIpc) is 2.37. The first-order chi connectivity index (χ1) is 9.20. The number of allylic oxidation sites excluding steroid dienone is 2. The molecule has 1 nitrogen and oxygen atoms in total. The minimum Gasteiger partial charge on any atom is -0.508 e. The molecule has 0 radical (unpaired) electrons. The molecule has 0 aliphatic heterocycles. The van der Waals surface area contributed by atoms with Crippen molar-refractivity contribution in [2.75, 3.05) is 0 Å². The van der Waals surface area contributed by atoms with Gasteiger partial charge in [0.15, 0.2) is 0 Å². The van der Waals surface area contributed by atoms with E-state index in [4.69, 9.17) is 0 Å². The van der Waals surface area contributed by atoms with Crippen molar-refractivity contribution < 1.29 is 5.11 Å². The molecule has 100 valence electrons. The number of rotatable bonds is 1. The van der Waals surface area contributed by atoms with E-state index in [1.807, 2.05) is 12.1 Å². The molecule has 5 rings (SSSR count). The maximum atomic E-state index is 9.69. The van der Waals surface area contributed by atoms with Crippen molar-refractivity contribution in [2.45, 2.75) is 39.0 Å². The molecule has 4 aliphatic rings. The summed E-state index contributed by atoms with van der Waals surface area (Å²) in [5, 5.41) is 9.69. The SMILES string of the molecule is CC(=C1C2CC3CC(C2)CC1C3)c1cccc(O)c1. The molecule has 0 unspecified atom stereocenters. The standard InChI is InChI=1S/C18H22O/c1-11(14-3-2-4-17(19)10-14)18-15-6-12-5-13(8-15)9-16(18)7-12/h2-4,10,12-13,15-16,19H,5-9H2,1H3. The topological polar surface area (TPSA) is 20.2 Å². The third-order valence-electron chi connectivity index (χ3n) is 5.73. The van der Waals surface area contributed by atoms with Crippen molar-refractivity contribution in [3.05, 3.63) is 35.4 Å². The quantitative estimate of drug-likeness (QED) is 0.775. The van der Waals surface area contributed by atoms with Gasteiger partial charge in [0.05, 0.1) is 0 Å². The Morgan fingerprint density at radius 3 is 2.21 bits per heavy atom. The number of phenols is 1. The highest BCUT2D eigenvalue weighted by Crippen LogP contribution is 2.57. The second kappa shape index (κ2) is 4.13. The highest BCUT2D eigenvalue weighted by Gasteiger charge is 2.45. The Bertz CT molecular complexity index is 510. The van der Waals surface area contributed by atoms with Crippen LogP contribution in [0.1, 0.15) is 44.6 Å². The Kier molecular flexibility index (Phi) is 2.51. The summed E-state index contributed by atoms with van der Waals surface area (Å²) in [7, 11) is 0. The molecule has 0 heterocycles. The Hall–Kier alpha value is -1.24. The van der Waals surface area contributed by atoms with E-state index in [1.54, 1.807) is 11.6 Å². The van der Waals surface area contributed by atoms with Crippen LogP contribution in [0.25, 0.3) is 5.57 Å². The first-order valence-corrected chi connectivity index (χ1v) is 7.70. The van der Waals surface area contributed by atoms with Gasteiger partial charge in [0, 0.05) is 0 Å². The predicted molar refractivity (Wildman–Crippen MR) is 77.7 cm³/mol. The van der Waals surface area contributed by atoms with Crippen molar-refractivity contribution in [2.24, 2.45) is 23.7 Å². The summed E-state index contributed by atoms with van der Waals surface area (Å²) >= 11 is 0. The number of hydrogen-bond donors (Lipinski definition) is 1. The van der Waals surface area contributed by atoms with E-state index in [0.717, 1.165) is 23.7 Å². The van der Waals surface area contributed by atoms with Gasteiger partial charge < -0.3 is 5.11 Å². The fraction of sp³-hybridized carbons (Fsp3) is 0.556. The lowest BCUT2D eigenvalue weighted by molar-refractivity contribution is 0.0704. The number of benzene rings is 1. The lowest BCUT2D eigenvalue weighted by Crippen LogP contribution is -2.40. The molecule has 0 aromatic heterocycles. The van der Waals surface area contributed by atoms with E-state index in [-0.39, 0.29) is 0 Å². The van der Waals surface area contributed by atoms with Gasteiger partial charge in [-0.3, -0.25) is 0 Å². The van der Waals surface area contributed by atoms with Crippen LogP contribution < -0.4 is 0 Å². The van der Waals surface area contributed by atoms with Crippen LogP contribution in [0.2, 0.25) is 0 Å². The highest BCUT2D eigenvalue weighted by atomic mass is 16.3. The zero-order valence-corrected chi connectivity index (χ0v) is 11.6. The van der Waals surface area contributed by atoms with E-state index in [9.17, 15) is 5.11 Å². The normalized spacial score (nSPS) is 35.7. The van der Waals surface area contributed by atoms with Crippen molar-refractivity contribution >= 4 is 5.57 Å². The van der Waals surface area contributed by atoms with E-state index in [1.165, 1.54) is 43.2 Å². The van der Waals surface area contributed by atoms with E-state index in [2.05, 4.69) is 13.0 Å². The minimum atomic E-state index is 0.390. The van der Waals surface area contributed by atoms with Gasteiger partial charge in [-0.1, -0.05) is 17.7 Å². The maximum Gasteiger partial charge on any atom is 0.116 e. The lowest BCUT2D eigenvalue weighted by Gasteiger charge is -2.52. The molecule has 0 spiro atoms. The van der Waals surface area contributed by atoms with Gasteiger partial charge in [0.1, 0.15) is 5.75 Å². The number of hydrogen-bond acceptors (Lipinski definition) is 1. The van der Waals surface area contributed by atoms with Crippen molar-refractivity contribution in [3.63, 3.8) is 0 Å². The summed E-state index contributed by atoms with van der Waals surface area (Å²) in [4.78, 5) is 0. The van der Waals surface area contributed by atoms with Crippen LogP contribution in [-0.2, 0) is 0 Å². The van der Waals surface area contributed by atoms with Gasteiger partial charge in [0.2, 0.25) is 0 Å². The fourth-order valence-electron chi connectivity index (χ4n) is 5.21. The second-order valence-corrected chi connectivity index (χ2v) is 6.94. The summed E-state index contributed by atoms with van der Waals surface area (Å²) < 4.78 is 0. The number of phenolic OH excluding ortho intramolecular Hbond substituents is 1. The fourth-order valence-corrected chi connectivity index (χ4v) is 5.21. The summed E-state index contributed by atoms with van der Waals surface area (Å²) in [6, 6.07) is 7.80. The molecule has 1 N–H and O–H groups in total. The third kappa shape index (κ3) is 1.82. The molecular weight excluding hydrogens is 232 g/mol. The van der Waals surface area contributed by atoms with Crippen LogP contribution in [-0.4, -0.2) is 5.11 Å². The van der Waals surface area contributed by atoms with E-state index in [0.29, 0.717) is 5.75 Å². The van der Waals surface area contributed by atoms with Gasteiger partial charge in [0.25, 0.3) is 0 Å². The lowest BCUT2D eigenvalue weighted by atomic mass is 9.53. The van der Waals surface area contributed by atoms with E-state index < -0.39 is 0 Å².